The SMILES string of the molecule is C#Cc1c(F)ccc2c1N(c1ncc3c(N(C)C[C@@H]4CCCN4CC=C)nc(OC[C@@H]4C[C@@H](F)CN4C)nc3c1F)C[C@@H](O)C2. The van der Waals surface area contributed by atoms with E-state index in [-0.39, 0.29) is 54.6 Å². The maximum Gasteiger partial charge on any atom is 0.319 e. The highest BCUT2D eigenvalue weighted by Gasteiger charge is 2.33. The molecule has 0 amide bonds. The molecule has 3 aliphatic heterocycles. The number of hydrogen-bond donors (Lipinski definition) is 1. The largest absolute Gasteiger partial charge is 0.462 e. The fourth-order valence-electron chi connectivity index (χ4n) is 6.88. The Morgan fingerprint density at radius 1 is 1.24 bits per heavy atom. The van der Waals surface area contributed by atoms with Crippen LogP contribution in [0.25, 0.3) is 10.9 Å². The van der Waals surface area contributed by atoms with E-state index in [0.717, 1.165) is 25.9 Å². The number of likely N-dealkylation sites (tertiary alicyclic amines) is 2. The minimum absolute atomic E-state index is 0.0275. The van der Waals surface area contributed by atoms with Gasteiger partial charge in [0.2, 0.25) is 0 Å². The van der Waals surface area contributed by atoms with Gasteiger partial charge in [-0.25, -0.2) is 18.2 Å². The van der Waals surface area contributed by atoms with Gasteiger partial charge in [0.1, 0.15) is 29.9 Å². The highest BCUT2D eigenvalue weighted by atomic mass is 19.1. The lowest BCUT2D eigenvalue weighted by molar-refractivity contribution is 0.178. The fourth-order valence-corrected chi connectivity index (χ4v) is 6.88. The number of alkyl halides is 1. The normalized spacial score (nSPS) is 23.7. The molecule has 2 fully saturated rings. The van der Waals surface area contributed by atoms with Crippen LogP contribution in [-0.2, 0) is 6.42 Å². The number of fused-ring (bicyclic) bond motifs is 2. The van der Waals surface area contributed by atoms with Crippen LogP contribution in [0.2, 0.25) is 0 Å². The maximum atomic E-state index is 16.7. The highest BCUT2D eigenvalue weighted by Crippen LogP contribution is 2.40. The zero-order chi connectivity index (χ0) is 31.8. The summed E-state index contributed by atoms with van der Waals surface area (Å²) >= 11 is 0. The van der Waals surface area contributed by atoms with Gasteiger partial charge in [-0.05, 0) is 44.5 Å². The Morgan fingerprint density at radius 2 is 2.07 bits per heavy atom. The molecule has 2 saturated heterocycles. The molecule has 12 heteroatoms. The Hall–Kier alpha value is -3.92. The zero-order valence-corrected chi connectivity index (χ0v) is 25.6. The fraction of sp³-hybridized carbons (Fsp3) is 0.485. The molecule has 0 bridgehead atoms. The number of rotatable bonds is 9. The second-order valence-corrected chi connectivity index (χ2v) is 12.2. The smallest absolute Gasteiger partial charge is 0.319 e. The van der Waals surface area contributed by atoms with E-state index in [9.17, 15) is 13.9 Å². The van der Waals surface area contributed by atoms with Gasteiger partial charge in [-0.15, -0.1) is 13.0 Å². The first-order valence-corrected chi connectivity index (χ1v) is 15.3. The van der Waals surface area contributed by atoms with E-state index in [1.165, 1.54) is 17.2 Å². The third kappa shape index (κ3) is 6.04. The van der Waals surface area contributed by atoms with Crippen LogP contribution in [0.5, 0.6) is 6.01 Å². The van der Waals surface area contributed by atoms with Crippen LogP contribution in [0.3, 0.4) is 0 Å². The Labute approximate surface area is 261 Å². The molecule has 3 aliphatic rings. The summed E-state index contributed by atoms with van der Waals surface area (Å²) in [4.78, 5) is 21.3. The molecule has 0 unspecified atom stereocenters. The number of nitrogens with zero attached hydrogens (tertiary/aromatic N) is 7. The second kappa shape index (κ2) is 12.8. The monoisotopic (exact) mass is 621 g/mol. The van der Waals surface area contributed by atoms with Crippen molar-refractivity contribution in [3.8, 4) is 18.4 Å². The Kier molecular flexibility index (Phi) is 8.86. The van der Waals surface area contributed by atoms with Crippen molar-refractivity contribution in [2.75, 3.05) is 63.2 Å². The van der Waals surface area contributed by atoms with Crippen LogP contribution in [0.15, 0.2) is 31.0 Å². The minimum atomic E-state index is -0.945. The molecule has 0 radical (unpaired) electrons. The van der Waals surface area contributed by atoms with Crippen LogP contribution < -0.4 is 14.5 Å². The maximum absolute atomic E-state index is 16.7. The minimum Gasteiger partial charge on any atom is -0.462 e. The summed E-state index contributed by atoms with van der Waals surface area (Å²) in [6.45, 7) is 6.65. The standard InChI is InChI=1S/C33H38F3N7O2/c1-5-11-42-12-7-8-22(42)17-41(4)31-26-15-37-32(43-18-24(44)13-20-9-10-27(35)25(6-2)30(20)43)28(36)29(26)38-33(39-31)45-19-23-14-21(34)16-40(23)3/h2,5,9-10,15,21-24,44H,1,7-8,11-14,16-19H2,3-4H3/t21-,22+,23+,24+/m1/s1. The summed E-state index contributed by atoms with van der Waals surface area (Å²) in [7, 11) is 3.72. The van der Waals surface area contributed by atoms with E-state index in [4.69, 9.17) is 16.1 Å². The van der Waals surface area contributed by atoms with Crippen LogP contribution in [0.4, 0.5) is 30.5 Å². The van der Waals surface area contributed by atoms with E-state index in [1.54, 1.807) is 6.07 Å². The average molecular weight is 622 g/mol. The second-order valence-electron chi connectivity index (χ2n) is 12.2. The van der Waals surface area contributed by atoms with Crippen molar-refractivity contribution in [3.63, 3.8) is 0 Å². The van der Waals surface area contributed by atoms with Crippen LogP contribution >= 0.6 is 0 Å². The van der Waals surface area contributed by atoms with Gasteiger partial charge >= 0.3 is 6.01 Å². The lowest BCUT2D eigenvalue weighted by Gasteiger charge is -2.34. The number of aliphatic hydroxyl groups is 1. The molecule has 2 aromatic heterocycles. The summed E-state index contributed by atoms with van der Waals surface area (Å²) in [6, 6.07) is 2.83. The lowest BCUT2D eigenvalue weighted by Crippen LogP contribution is -2.39. The van der Waals surface area contributed by atoms with Crippen molar-refractivity contribution in [2.45, 2.75) is 50.0 Å². The van der Waals surface area contributed by atoms with E-state index < -0.39 is 23.9 Å². The first-order valence-electron chi connectivity index (χ1n) is 15.3. The van der Waals surface area contributed by atoms with Crippen molar-refractivity contribution < 1.29 is 23.0 Å². The molecule has 9 nitrogen and oxygen atoms in total. The van der Waals surface area contributed by atoms with Gasteiger partial charge in [0, 0.05) is 51.4 Å². The predicted molar refractivity (Wildman–Crippen MR) is 168 cm³/mol. The molecule has 1 aromatic carbocycles. The van der Waals surface area contributed by atoms with E-state index >= 15 is 4.39 Å². The van der Waals surface area contributed by atoms with Gasteiger partial charge < -0.3 is 19.6 Å². The van der Waals surface area contributed by atoms with Crippen molar-refractivity contribution in [3.05, 3.63) is 53.7 Å². The Morgan fingerprint density at radius 3 is 2.80 bits per heavy atom. The Balaban J connectivity index is 1.42. The Bertz CT molecular complexity index is 1630. The number of pyridine rings is 1. The molecular weight excluding hydrogens is 583 g/mol. The molecule has 3 aromatic rings. The van der Waals surface area contributed by atoms with Crippen molar-refractivity contribution >= 4 is 28.2 Å². The van der Waals surface area contributed by atoms with Crippen molar-refractivity contribution in [1.82, 2.24) is 24.8 Å². The molecule has 45 heavy (non-hydrogen) atoms. The molecule has 4 atom stereocenters. The number of benzene rings is 1. The van der Waals surface area contributed by atoms with Gasteiger partial charge in [-0.1, -0.05) is 18.1 Å². The van der Waals surface area contributed by atoms with E-state index in [2.05, 4.69) is 27.4 Å². The molecule has 238 valence electrons. The van der Waals surface area contributed by atoms with Gasteiger partial charge in [-0.3, -0.25) is 9.80 Å². The van der Waals surface area contributed by atoms with E-state index in [1.807, 2.05) is 30.0 Å². The topological polar surface area (TPSA) is 81.1 Å². The number of terminal acetylenes is 1. The average Bonchev–Trinajstić information content (AvgIpc) is 3.59. The summed E-state index contributed by atoms with van der Waals surface area (Å²) in [6.07, 6.45) is 9.90. The number of aliphatic hydroxyl groups excluding tert-OH is 1. The quantitative estimate of drug-likeness (QED) is 0.283. The third-order valence-corrected chi connectivity index (χ3v) is 9.11. The van der Waals surface area contributed by atoms with Crippen LogP contribution in [-0.4, -0.2) is 108 Å². The van der Waals surface area contributed by atoms with Crippen LogP contribution in [0, 0.1) is 24.0 Å². The highest BCUT2D eigenvalue weighted by molar-refractivity contribution is 5.92. The molecule has 0 aliphatic carbocycles. The number of ether oxygens (including phenoxy) is 1. The van der Waals surface area contributed by atoms with Gasteiger partial charge in [-0.2, -0.15) is 9.97 Å². The predicted octanol–water partition coefficient (Wildman–Crippen LogP) is 3.85. The van der Waals surface area contributed by atoms with Crippen molar-refractivity contribution in [2.24, 2.45) is 0 Å². The van der Waals surface area contributed by atoms with Gasteiger partial charge in [0.25, 0.3) is 0 Å². The van der Waals surface area contributed by atoms with Gasteiger partial charge in [0.05, 0.1) is 29.3 Å². The molecule has 0 spiro atoms. The summed E-state index contributed by atoms with van der Waals surface area (Å²) in [5.74, 6) is 1.28. The number of halogens is 3. The van der Waals surface area contributed by atoms with Crippen molar-refractivity contribution in [1.29, 1.82) is 0 Å². The number of aromatic nitrogens is 3. The molecule has 1 N–H and O–H groups in total. The molecule has 5 heterocycles. The number of likely N-dealkylation sites (N-methyl/N-ethyl adjacent to an activating group) is 2. The summed E-state index contributed by atoms with van der Waals surface area (Å²) < 4.78 is 51.5. The van der Waals surface area contributed by atoms with Crippen LogP contribution in [0.1, 0.15) is 30.4 Å². The summed E-state index contributed by atoms with van der Waals surface area (Å²) in [5.41, 5.74) is 0.819. The number of hydrogen-bond acceptors (Lipinski definition) is 9. The molecule has 0 saturated carbocycles. The molecular formula is C33H38F3N7O2. The summed E-state index contributed by atoms with van der Waals surface area (Å²) in [5, 5.41) is 11.0. The number of β-amino-alcohol motifs (C(OH)–C–C–N with tert-alkyl or cyclic N) is 1. The zero-order valence-electron chi connectivity index (χ0n) is 25.6. The lowest BCUT2D eigenvalue weighted by atomic mass is 9.95. The van der Waals surface area contributed by atoms with Gasteiger partial charge in [0.15, 0.2) is 11.6 Å². The first-order chi connectivity index (χ1) is 21.7. The third-order valence-electron chi connectivity index (χ3n) is 9.11. The molecule has 6 rings (SSSR count). The first kappa shape index (κ1) is 31.1. The number of anilines is 3. The van der Waals surface area contributed by atoms with E-state index in [0.29, 0.717) is 42.0 Å².